The summed E-state index contributed by atoms with van der Waals surface area (Å²) in [5.74, 6) is 0.906. The van der Waals surface area contributed by atoms with Crippen molar-refractivity contribution in [2.45, 2.75) is 37.3 Å². The van der Waals surface area contributed by atoms with Gasteiger partial charge in [0, 0.05) is 51.0 Å². The number of morpholine rings is 1. The van der Waals surface area contributed by atoms with Crippen LogP contribution in [-0.2, 0) is 19.7 Å². The third-order valence-electron chi connectivity index (χ3n) is 8.19. The van der Waals surface area contributed by atoms with Gasteiger partial charge in [-0.15, -0.1) is 0 Å². The molecule has 36 heavy (non-hydrogen) atoms. The maximum atomic E-state index is 13.4. The molecular formula is C26H34N4O5S. The van der Waals surface area contributed by atoms with Gasteiger partial charge in [0.1, 0.15) is 12.4 Å². The van der Waals surface area contributed by atoms with Crippen LogP contribution in [0.15, 0.2) is 36.4 Å². The molecule has 1 saturated carbocycles. The Morgan fingerprint density at radius 1 is 0.917 bits per heavy atom. The lowest BCUT2D eigenvalue weighted by molar-refractivity contribution is -0.170. The highest BCUT2D eigenvalue weighted by Crippen LogP contribution is 2.37. The minimum atomic E-state index is -3.53. The van der Waals surface area contributed by atoms with Crippen molar-refractivity contribution in [3.63, 3.8) is 0 Å². The molecule has 2 aromatic carbocycles. The number of ether oxygens (including phenoxy) is 2. The van der Waals surface area contributed by atoms with Crippen molar-refractivity contribution in [1.82, 2.24) is 13.5 Å². The van der Waals surface area contributed by atoms with Gasteiger partial charge in [-0.2, -0.15) is 17.0 Å². The molecule has 1 spiro atoms. The Hall–Kier alpha value is -2.40. The van der Waals surface area contributed by atoms with Gasteiger partial charge in [0.15, 0.2) is 0 Å². The van der Waals surface area contributed by atoms with E-state index in [0.29, 0.717) is 64.7 Å². The summed E-state index contributed by atoms with van der Waals surface area (Å²) in [6, 6.07) is 12.7. The van der Waals surface area contributed by atoms with Crippen molar-refractivity contribution >= 4 is 32.6 Å². The molecule has 9 nitrogen and oxygen atoms in total. The number of anilines is 1. The first-order chi connectivity index (χ1) is 17.4. The minimum Gasteiger partial charge on any atom is -0.497 e. The van der Waals surface area contributed by atoms with Crippen LogP contribution in [-0.4, -0.2) is 99.0 Å². The zero-order valence-corrected chi connectivity index (χ0v) is 21.6. The lowest BCUT2D eigenvalue weighted by Gasteiger charge is -2.47. The molecule has 10 heteroatoms. The lowest BCUT2D eigenvalue weighted by atomic mass is 9.90. The summed E-state index contributed by atoms with van der Waals surface area (Å²) in [5.41, 5.74) is 0.704. The van der Waals surface area contributed by atoms with Gasteiger partial charge in [-0.05, 0) is 60.7 Å². The number of amides is 1. The Labute approximate surface area is 212 Å². The summed E-state index contributed by atoms with van der Waals surface area (Å²) < 4.78 is 41.4. The minimum absolute atomic E-state index is 0.0715. The number of hydrogen-bond donors (Lipinski definition) is 0. The molecule has 4 fully saturated rings. The van der Waals surface area contributed by atoms with Crippen molar-refractivity contribution in [2.75, 3.05) is 64.4 Å². The van der Waals surface area contributed by atoms with E-state index in [2.05, 4.69) is 29.2 Å². The van der Waals surface area contributed by atoms with Gasteiger partial charge in [-0.3, -0.25) is 4.79 Å². The third-order valence-corrected chi connectivity index (χ3v) is 10.2. The van der Waals surface area contributed by atoms with Crippen LogP contribution in [0.1, 0.15) is 25.7 Å². The Balaban J connectivity index is 1.07. The van der Waals surface area contributed by atoms with E-state index in [4.69, 9.17) is 9.47 Å². The fourth-order valence-corrected chi connectivity index (χ4v) is 7.36. The first-order valence-electron chi connectivity index (χ1n) is 12.9. The number of piperazine rings is 1. The third kappa shape index (κ3) is 4.44. The Morgan fingerprint density at radius 3 is 2.28 bits per heavy atom. The summed E-state index contributed by atoms with van der Waals surface area (Å²) in [7, 11) is -1.86. The second-order valence-electron chi connectivity index (χ2n) is 10.4. The highest BCUT2D eigenvalue weighted by Gasteiger charge is 2.48. The zero-order valence-electron chi connectivity index (χ0n) is 20.8. The highest BCUT2D eigenvalue weighted by molar-refractivity contribution is 7.86. The number of rotatable bonds is 5. The number of benzene rings is 2. The SMILES string of the molecule is COc1ccc2cc(N3CCN(S(=O)(=O)N4CCC5(CC4)CN(C4CC4)C(=O)CO5)CC3)ccc2c1. The van der Waals surface area contributed by atoms with Crippen molar-refractivity contribution in [2.24, 2.45) is 0 Å². The average molecular weight is 515 g/mol. The van der Waals surface area contributed by atoms with Crippen LogP contribution in [0, 0.1) is 0 Å². The molecule has 6 rings (SSSR count). The summed E-state index contributed by atoms with van der Waals surface area (Å²) in [5, 5.41) is 2.26. The number of nitrogens with zero attached hydrogens (tertiary/aromatic N) is 4. The van der Waals surface area contributed by atoms with Gasteiger partial charge >= 0.3 is 0 Å². The van der Waals surface area contributed by atoms with E-state index < -0.39 is 15.8 Å². The van der Waals surface area contributed by atoms with Crippen LogP contribution < -0.4 is 9.64 Å². The molecule has 0 bridgehead atoms. The molecule has 3 heterocycles. The maximum Gasteiger partial charge on any atom is 0.282 e. The number of carbonyl (C=O) groups excluding carboxylic acids is 1. The molecule has 194 valence electrons. The Morgan fingerprint density at radius 2 is 1.58 bits per heavy atom. The zero-order chi connectivity index (χ0) is 24.9. The molecule has 0 unspecified atom stereocenters. The first kappa shape index (κ1) is 24.0. The molecule has 0 radical (unpaired) electrons. The van der Waals surface area contributed by atoms with E-state index in [9.17, 15) is 13.2 Å². The predicted molar refractivity (Wildman–Crippen MR) is 137 cm³/mol. The second kappa shape index (κ2) is 9.16. The topological polar surface area (TPSA) is 82.6 Å². The molecule has 0 aromatic heterocycles. The maximum absolute atomic E-state index is 13.4. The van der Waals surface area contributed by atoms with E-state index in [1.165, 1.54) is 0 Å². The molecule has 4 aliphatic rings. The van der Waals surface area contributed by atoms with Crippen LogP contribution in [0.3, 0.4) is 0 Å². The Bertz CT molecular complexity index is 1250. The van der Waals surface area contributed by atoms with Crippen LogP contribution >= 0.6 is 0 Å². The number of hydrogen-bond acceptors (Lipinski definition) is 6. The number of carbonyl (C=O) groups is 1. The van der Waals surface area contributed by atoms with Gasteiger partial charge in [-0.1, -0.05) is 12.1 Å². The normalized spacial score (nSPS) is 24.0. The molecular weight excluding hydrogens is 480 g/mol. The summed E-state index contributed by atoms with van der Waals surface area (Å²) in [4.78, 5) is 16.4. The number of methoxy groups -OCH3 is 1. The quantitative estimate of drug-likeness (QED) is 0.608. The molecule has 1 aliphatic carbocycles. The van der Waals surface area contributed by atoms with Crippen LogP contribution in [0.5, 0.6) is 5.75 Å². The lowest BCUT2D eigenvalue weighted by Crippen LogP contribution is -2.61. The van der Waals surface area contributed by atoms with Gasteiger partial charge < -0.3 is 19.3 Å². The summed E-state index contributed by atoms with van der Waals surface area (Å²) >= 11 is 0. The van der Waals surface area contributed by atoms with Crippen molar-refractivity contribution < 1.29 is 22.7 Å². The smallest absolute Gasteiger partial charge is 0.282 e. The van der Waals surface area contributed by atoms with E-state index in [1.54, 1.807) is 15.7 Å². The molecule has 3 saturated heterocycles. The fraction of sp³-hybridized carbons (Fsp3) is 0.577. The van der Waals surface area contributed by atoms with Gasteiger partial charge in [0.05, 0.1) is 19.3 Å². The van der Waals surface area contributed by atoms with E-state index in [-0.39, 0.29) is 12.5 Å². The number of piperidine rings is 1. The van der Waals surface area contributed by atoms with Crippen molar-refractivity contribution in [3.05, 3.63) is 36.4 Å². The van der Waals surface area contributed by atoms with Crippen LogP contribution in [0.4, 0.5) is 5.69 Å². The van der Waals surface area contributed by atoms with Crippen molar-refractivity contribution in [3.8, 4) is 5.75 Å². The Kier molecular flexibility index (Phi) is 6.10. The summed E-state index contributed by atoms with van der Waals surface area (Å²) in [6.45, 7) is 3.82. The van der Waals surface area contributed by atoms with Crippen LogP contribution in [0.25, 0.3) is 10.8 Å². The molecule has 2 aromatic rings. The monoisotopic (exact) mass is 514 g/mol. The van der Waals surface area contributed by atoms with Gasteiger partial charge in [-0.25, -0.2) is 0 Å². The second-order valence-corrected chi connectivity index (χ2v) is 12.3. The van der Waals surface area contributed by atoms with E-state index >= 15 is 0 Å². The largest absolute Gasteiger partial charge is 0.497 e. The molecule has 3 aliphatic heterocycles. The fourth-order valence-electron chi connectivity index (χ4n) is 5.76. The van der Waals surface area contributed by atoms with E-state index in [1.807, 2.05) is 17.0 Å². The molecule has 1 amide bonds. The summed E-state index contributed by atoms with van der Waals surface area (Å²) in [6.07, 6.45) is 3.40. The molecule has 0 N–H and O–H groups in total. The standard InChI is InChI=1S/C26H34N4O5S/c1-34-24-7-3-20-16-23(4-2-21(20)17-24)27-12-14-29(15-13-27)36(32,33)28-10-8-26(9-11-28)19-30(22-5-6-22)25(31)18-35-26/h2-4,7,16-17,22H,5-6,8-15,18-19H2,1H3. The van der Waals surface area contributed by atoms with Gasteiger partial charge in [0.25, 0.3) is 10.2 Å². The van der Waals surface area contributed by atoms with Crippen molar-refractivity contribution in [1.29, 1.82) is 0 Å². The highest BCUT2D eigenvalue weighted by atomic mass is 32.2. The van der Waals surface area contributed by atoms with Gasteiger partial charge in [0.2, 0.25) is 5.91 Å². The average Bonchev–Trinajstić information content (AvgIpc) is 3.75. The van der Waals surface area contributed by atoms with Crippen LogP contribution in [0.2, 0.25) is 0 Å². The predicted octanol–water partition coefficient (Wildman–Crippen LogP) is 2.07. The first-order valence-corrected chi connectivity index (χ1v) is 14.3. The molecule has 0 atom stereocenters. The number of fused-ring (bicyclic) bond motifs is 1. The van der Waals surface area contributed by atoms with E-state index in [0.717, 1.165) is 35.1 Å².